The summed E-state index contributed by atoms with van der Waals surface area (Å²) in [7, 11) is 0. The Morgan fingerprint density at radius 2 is 0.694 bits per heavy atom. The van der Waals surface area contributed by atoms with E-state index in [4.69, 9.17) is 0 Å². The zero-order chi connectivity index (χ0) is 28.5. The van der Waals surface area contributed by atoms with Crippen LogP contribution in [0.25, 0.3) is 0 Å². The highest BCUT2D eigenvalue weighted by atomic mass is 14.5. The maximum Gasteiger partial charge on any atom is -0.0329 e. The van der Waals surface area contributed by atoms with Gasteiger partial charge in [0.2, 0.25) is 0 Å². The van der Waals surface area contributed by atoms with E-state index in [2.05, 4.69) is 118 Å². The fraction of sp³-hybridized carbons (Fsp3) is 1.00. The minimum Gasteiger partial charge on any atom is -0.0654 e. The largest absolute Gasteiger partial charge is 0.0654 e. The van der Waals surface area contributed by atoms with Crippen molar-refractivity contribution in [2.75, 3.05) is 0 Å². The van der Waals surface area contributed by atoms with Crippen molar-refractivity contribution in [2.24, 2.45) is 88.8 Å². The first-order valence-electron chi connectivity index (χ1n) is 16.6. The van der Waals surface area contributed by atoms with Crippen molar-refractivity contribution >= 4 is 0 Å². The molecule has 0 spiro atoms. The molecule has 0 heteroatoms. The maximum atomic E-state index is 2.64. The molecule has 0 rings (SSSR count). The van der Waals surface area contributed by atoms with Crippen molar-refractivity contribution < 1.29 is 0 Å². The standard InChI is InChI=1S/C36H74/c1-18-21-35(20-3)36(33(16)26(9)24(7)22(4)5)34(17)32(15)31(14)30(13)29(12)28(11)27(10)25(8)23(6)19-2/h22-36H,18-21H2,1-17H3. The van der Waals surface area contributed by atoms with Gasteiger partial charge in [0.1, 0.15) is 0 Å². The number of hydrogen-bond donors (Lipinski definition) is 0. The van der Waals surface area contributed by atoms with Gasteiger partial charge in [-0.1, -0.05) is 143 Å². The molecular weight excluding hydrogens is 432 g/mol. The summed E-state index contributed by atoms with van der Waals surface area (Å²) in [4.78, 5) is 0. The van der Waals surface area contributed by atoms with Gasteiger partial charge in [0.15, 0.2) is 0 Å². The lowest BCUT2D eigenvalue weighted by Gasteiger charge is -2.46. The molecule has 0 aromatic rings. The molecule has 14 atom stereocenters. The third-order valence-electron chi connectivity index (χ3n) is 13.0. The van der Waals surface area contributed by atoms with Crippen molar-refractivity contribution in [3.63, 3.8) is 0 Å². The van der Waals surface area contributed by atoms with Gasteiger partial charge in [0, 0.05) is 0 Å². The molecule has 0 fully saturated rings. The monoisotopic (exact) mass is 507 g/mol. The average molecular weight is 507 g/mol. The Kier molecular flexibility index (Phi) is 16.9. The summed E-state index contributed by atoms with van der Waals surface area (Å²) in [6.45, 7) is 42.8. The lowest BCUT2D eigenvalue weighted by Crippen LogP contribution is -2.40. The van der Waals surface area contributed by atoms with Crippen molar-refractivity contribution in [1.82, 2.24) is 0 Å². The van der Waals surface area contributed by atoms with Crippen LogP contribution in [0, 0.1) is 88.8 Å². The quantitative estimate of drug-likeness (QED) is 0.173. The first-order chi connectivity index (χ1) is 16.6. The van der Waals surface area contributed by atoms with Gasteiger partial charge >= 0.3 is 0 Å². The molecule has 0 aliphatic heterocycles. The maximum absolute atomic E-state index is 2.64. The Morgan fingerprint density at radius 1 is 0.361 bits per heavy atom. The first kappa shape index (κ1) is 36.0. The minimum atomic E-state index is 0.759. The summed E-state index contributed by atoms with van der Waals surface area (Å²) in [5, 5.41) is 0. The van der Waals surface area contributed by atoms with Crippen LogP contribution in [0.5, 0.6) is 0 Å². The molecule has 14 unspecified atom stereocenters. The minimum absolute atomic E-state index is 0.759. The first-order valence-corrected chi connectivity index (χ1v) is 16.6. The van der Waals surface area contributed by atoms with Crippen molar-refractivity contribution in [3.05, 3.63) is 0 Å². The molecule has 0 aliphatic rings. The second-order valence-corrected chi connectivity index (χ2v) is 14.6. The molecule has 0 nitrogen and oxygen atoms in total. The number of rotatable bonds is 18. The van der Waals surface area contributed by atoms with Gasteiger partial charge in [-0.15, -0.1) is 0 Å². The summed E-state index contributed by atoms with van der Waals surface area (Å²) in [6.07, 6.45) is 5.36. The van der Waals surface area contributed by atoms with Gasteiger partial charge in [-0.25, -0.2) is 0 Å². The van der Waals surface area contributed by atoms with Gasteiger partial charge in [0.05, 0.1) is 0 Å². The molecule has 0 N–H and O–H groups in total. The van der Waals surface area contributed by atoms with E-state index in [0.717, 1.165) is 88.8 Å². The summed E-state index contributed by atoms with van der Waals surface area (Å²) in [5.41, 5.74) is 0. The average Bonchev–Trinajstić information content (AvgIpc) is 2.87. The Bertz CT molecular complexity index is 548. The summed E-state index contributed by atoms with van der Waals surface area (Å²) < 4.78 is 0. The highest BCUT2D eigenvalue weighted by Gasteiger charge is 2.40. The van der Waals surface area contributed by atoms with Crippen LogP contribution in [0.15, 0.2) is 0 Å². The van der Waals surface area contributed by atoms with Crippen LogP contribution in [0.1, 0.15) is 143 Å². The molecule has 0 bridgehead atoms. The Balaban J connectivity index is 5.83. The third-order valence-corrected chi connectivity index (χ3v) is 13.0. The molecule has 0 aromatic carbocycles. The van der Waals surface area contributed by atoms with Gasteiger partial charge in [-0.05, 0) is 88.8 Å². The lowest BCUT2D eigenvalue weighted by atomic mass is 9.59. The molecule has 0 amide bonds. The van der Waals surface area contributed by atoms with Crippen LogP contribution in [-0.2, 0) is 0 Å². The molecule has 36 heavy (non-hydrogen) atoms. The second-order valence-electron chi connectivity index (χ2n) is 14.6. The van der Waals surface area contributed by atoms with Gasteiger partial charge in [-0.3, -0.25) is 0 Å². The Morgan fingerprint density at radius 3 is 1.00 bits per heavy atom. The van der Waals surface area contributed by atoms with Crippen LogP contribution in [0.2, 0.25) is 0 Å². The van der Waals surface area contributed by atoms with E-state index in [0.29, 0.717) is 0 Å². The van der Waals surface area contributed by atoms with Crippen LogP contribution in [-0.4, -0.2) is 0 Å². The van der Waals surface area contributed by atoms with Crippen LogP contribution in [0.4, 0.5) is 0 Å². The smallest absolute Gasteiger partial charge is 0.0329 e. The Hall–Kier alpha value is 0. The van der Waals surface area contributed by atoms with Gasteiger partial charge in [-0.2, -0.15) is 0 Å². The Labute approximate surface area is 232 Å². The predicted octanol–water partition coefficient (Wildman–Crippen LogP) is 12.1. The van der Waals surface area contributed by atoms with Crippen molar-refractivity contribution in [1.29, 1.82) is 0 Å². The van der Waals surface area contributed by atoms with Crippen LogP contribution < -0.4 is 0 Å². The zero-order valence-electron chi connectivity index (χ0n) is 28.5. The molecule has 0 aliphatic carbocycles. The molecule has 0 saturated carbocycles. The lowest BCUT2D eigenvalue weighted by molar-refractivity contribution is 0.0255. The topological polar surface area (TPSA) is 0 Å². The van der Waals surface area contributed by atoms with E-state index < -0.39 is 0 Å². The van der Waals surface area contributed by atoms with Crippen LogP contribution >= 0.6 is 0 Å². The second kappa shape index (κ2) is 16.9. The molecule has 0 aromatic heterocycles. The molecule has 0 saturated heterocycles. The van der Waals surface area contributed by atoms with E-state index in [1.54, 1.807) is 0 Å². The molecule has 0 radical (unpaired) electrons. The molecule has 218 valence electrons. The van der Waals surface area contributed by atoms with E-state index in [1.807, 2.05) is 0 Å². The van der Waals surface area contributed by atoms with E-state index in [1.165, 1.54) is 25.7 Å². The predicted molar refractivity (Wildman–Crippen MR) is 167 cm³/mol. The summed E-state index contributed by atoms with van der Waals surface area (Å²) in [6, 6.07) is 0. The summed E-state index contributed by atoms with van der Waals surface area (Å²) >= 11 is 0. The van der Waals surface area contributed by atoms with Crippen molar-refractivity contribution in [2.45, 2.75) is 143 Å². The van der Waals surface area contributed by atoms with Gasteiger partial charge in [0.25, 0.3) is 0 Å². The fourth-order valence-electron chi connectivity index (χ4n) is 7.93. The fourth-order valence-corrected chi connectivity index (χ4v) is 7.93. The van der Waals surface area contributed by atoms with Crippen LogP contribution in [0.3, 0.4) is 0 Å². The zero-order valence-corrected chi connectivity index (χ0v) is 28.5. The highest BCUT2D eigenvalue weighted by molar-refractivity contribution is 4.89. The van der Waals surface area contributed by atoms with E-state index >= 15 is 0 Å². The molecular formula is C36H74. The van der Waals surface area contributed by atoms with E-state index in [9.17, 15) is 0 Å². The third kappa shape index (κ3) is 9.33. The molecule has 0 heterocycles. The van der Waals surface area contributed by atoms with Gasteiger partial charge < -0.3 is 0 Å². The van der Waals surface area contributed by atoms with E-state index in [-0.39, 0.29) is 0 Å². The SMILES string of the molecule is CCCC(CC)C(C(C)C(C)C(C)C(C)C)C(C)C(C)C(C)C(C)C(C)C(C)C(C)C(C)C(C)CC. The normalized spacial score (nSPS) is 24.5. The van der Waals surface area contributed by atoms with Crippen molar-refractivity contribution in [3.8, 4) is 0 Å². The number of hydrogen-bond acceptors (Lipinski definition) is 0. The highest BCUT2D eigenvalue weighted by Crippen LogP contribution is 2.47. The summed E-state index contributed by atoms with van der Waals surface area (Å²) in [5.74, 6) is 11.8.